The first kappa shape index (κ1) is 44.2. The maximum Gasteiger partial charge on any atom is 0.0713 e. The lowest BCUT2D eigenvalue weighted by molar-refractivity contribution is 0.768. The number of rotatable bonds is 10. The van der Waals surface area contributed by atoms with Gasteiger partial charge < -0.3 is 4.90 Å². The molecule has 1 nitrogen and oxygen atoms in total. The van der Waals surface area contributed by atoms with Crippen LogP contribution in [0, 0.1) is 0 Å². The van der Waals surface area contributed by atoms with Crippen molar-refractivity contribution in [2.45, 2.75) is 10.8 Å². The lowest BCUT2D eigenvalue weighted by Crippen LogP contribution is -2.28. The number of fused-ring (bicyclic) bond motifs is 6. The first-order valence-corrected chi connectivity index (χ1v) is 26.1. The van der Waals surface area contributed by atoms with Crippen LogP contribution in [0.4, 0.5) is 17.1 Å². The van der Waals surface area contributed by atoms with Crippen LogP contribution in [0.15, 0.2) is 309 Å². The van der Waals surface area contributed by atoms with Crippen LogP contribution in [0.25, 0.3) is 55.6 Å². The van der Waals surface area contributed by atoms with Gasteiger partial charge in [-0.1, -0.05) is 267 Å². The summed E-state index contributed by atoms with van der Waals surface area (Å²) in [6.07, 6.45) is 0. The standard InChI is InChI=1S/C74H51N/c1-6-23-53(24-7-1)63-35-16-17-36-64(63)55-25-22-34-61(49-55)75(62-46-48-71-68(51-62)66-38-19-21-40-70(66)73(71,56-26-8-2-9-27-56)57-28-10-3-11-29-57)60-44-41-52(42-45-60)54-43-47-67-65-37-18-20-39-69(65)74(72(67)50-54,58-30-12-4-13-31-58)59-32-14-5-15-33-59/h1-51H. The molecule has 0 saturated heterocycles. The highest BCUT2D eigenvalue weighted by Gasteiger charge is 2.47. The number of nitrogens with zero attached hydrogens (tertiary/aromatic N) is 1. The number of hydrogen-bond acceptors (Lipinski definition) is 1. The van der Waals surface area contributed by atoms with Crippen molar-refractivity contribution in [3.63, 3.8) is 0 Å². The fourth-order valence-corrected chi connectivity index (χ4v) is 12.9. The van der Waals surface area contributed by atoms with E-state index in [1.807, 2.05) is 0 Å². The van der Waals surface area contributed by atoms with E-state index in [9.17, 15) is 0 Å². The van der Waals surface area contributed by atoms with E-state index >= 15 is 0 Å². The molecule has 0 unspecified atom stereocenters. The van der Waals surface area contributed by atoms with E-state index < -0.39 is 10.8 Å². The summed E-state index contributed by atoms with van der Waals surface area (Å²) in [7, 11) is 0. The summed E-state index contributed by atoms with van der Waals surface area (Å²) in [5, 5.41) is 0. The topological polar surface area (TPSA) is 3.24 Å². The summed E-state index contributed by atoms with van der Waals surface area (Å²) >= 11 is 0. The lowest BCUT2D eigenvalue weighted by atomic mass is 9.67. The molecule has 0 atom stereocenters. The minimum absolute atomic E-state index is 0.476. The SMILES string of the molecule is c1ccc(-c2ccccc2-c2cccc(N(c3ccc(-c4ccc5c(c4)C(c4ccccc4)(c4ccccc4)c4ccccc4-5)cc3)c3ccc4c(c3)-c3ccccc3C4(c3ccccc3)c3ccccc3)c2)cc1. The predicted octanol–water partition coefficient (Wildman–Crippen LogP) is 18.9. The zero-order chi connectivity index (χ0) is 49.8. The van der Waals surface area contributed by atoms with Gasteiger partial charge in [-0.15, -0.1) is 0 Å². The van der Waals surface area contributed by atoms with Crippen molar-refractivity contribution in [3.05, 3.63) is 354 Å². The normalized spacial score (nSPS) is 13.3. The Morgan fingerprint density at radius 3 is 1.13 bits per heavy atom. The van der Waals surface area contributed by atoms with Crippen LogP contribution in [0.2, 0.25) is 0 Å². The molecule has 2 aliphatic rings. The number of anilines is 3. The van der Waals surface area contributed by atoms with E-state index in [0.29, 0.717) is 0 Å². The third-order valence-electron chi connectivity index (χ3n) is 16.0. The van der Waals surface area contributed by atoms with Gasteiger partial charge in [0.1, 0.15) is 0 Å². The zero-order valence-electron chi connectivity index (χ0n) is 41.4. The second-order valence-corrected chi connectivity index (χ2v) is 19.9. The Balaban J connectivity index is 0.939. The van der Waals surface area contributed by atoms with Crippen molar-refractivity contribution in [2.75, 3.05) is 4.90 Å². The van der Waals surface area contributed by atoms with E-state index in [0.717, 1.165) is 28.2 Å². The van der Waals surface area contributed by atoms with Gasteiger partial charge in [0.25, 0.3) is 0 Å². The summed E-state index contributed by atoms with van der Waals surface area (Å²) in [4.78, 5) is 2.45. The predicted molar refractivity (Wildman–Crippen MR) is 312 cm³/mol. The molecule has 2 aliphatic carbocycles. The molecule has 0 fully saturated rings. The number of benzene rings is 12. The van der Waals surface area contributed by atoms with Gasteiger partial charge in [0, 0.05) is 17.1 Å². The monoisotopic (exact) mass is 953 g/mol. The van der Waals surface area contributed by atoms with Crippen LogP contribution in [-0.4, -0.2) is 0 Å². The Hall–Kier alpha value is -9.56. The maximum absolute atomic E-state index is 2.46. The Kier molecular flexibility index (Phi) is 10.7. The van der Waals surface area contributed by atoms with Crippen molar-refractivity contribution in [1.29, 1.82) is 0 Å². The van der Waals surface area contributed by atoms with E-state index in [1.54, 1.807) is 0 Å². The molecule has 0 aliphatic heterocycles. The van der Waals surface area contributed by atoms with E-state index in [-0.39, 0.29) is 0 Å². The van der Waals surface area contributed by atoms with Gasteiger partial charge in [-0.2, -0.15) is 0 Å². The Morgan fingerprint density at radius 1 is 0.187 bits per heavy atom. The van der Waals surface area contributed by atoms with Crippen LogP contribution in [0.3, 0.4) is 0 Å². The van der Waals surface area contributed by atoms with Gasteiger partial charge in [0.2, 0.25) is 0 Å². The fourth-order valence-electron chi connectivity index (χ4n) is 12.9. The first-order chi connectivity index (χ1) is 37.2. The second kappa shape index (κ2) is 18.2. The molecule has 75 heavy (non-hydrogen) atoms. The molecule has 0 amide bonds. The minimum atomic E-state index is -0.490. The molecular weight excluding hydrogens is 903 g/mol. The fraction of sp³-hybridized carbons (Fsp3) is 0.0270. The first-order valence-electron chi connectivity index (χ1n) is 26.1. The highest BCUT2D eigenvalue weighted by Crippen LogP contribution is 2.59. The summed E-state index contributed by atoms with van der Waals surface area (Å²) in [6, 6.07) is 114. The van der Waals surface area contributed by atoms with E-state index in [4.69, 9.17) is 0 Å². The van der Waals surface area contributed by atoms with Gasteiger partial charge in [-0.25, -0.2) is 0 Å². The molecule has 0 spiro atoms. The highest BCUT2D eigenvalue weighted by molar-refractivity contribution is 5.93. The van der Waals surface area contributed by atoms with Gasteiger partial charge in [0.05, 0.1) is 10.8 Å². The largest absolute Gasteiger partial charge is 0.310 e. The summed E-state index contributed by atoms with van der Waals surface area (Å²) < 4.78 is 0. The summed E-state index contributed by atoms with van der Waals surface area (Å²) in [5.41, 5.74) is 24.7. The summed E-state index contributed by atoms with van der Waals surface area (Å²) in [6.45, 7) is 0. The Bertz CT molecular complexity index is 3950. The molecule has 12 aromatic carbocycles. The van der Waals surface area contributed by atoms with Crippen LogP contribution in [0.5, 0.6) is 0 Å². The van der Waals surface area contributed by atoms with E-state index in [2.05, 4.69) is 314 Å². The average Bonchev–Trinajstić information content (AvgIpc) is 3.99. The molecular formula is C74H51N. The number of hydrogen-bond donors (Lipinski definition) is 0. The smallest absolute Gasteiger partial charge is 0.0713 e. The van der Waals surface area contributed by atoms with Crippen LogP contribution < -0.4 is 4.90 Å². The molecule has 0 radical (unpaired) electrons. The average molecular weight is 954 g/mol. The van der Waals surface area contributed by atoms with Crippen LogP contribution in [0.1, 0.15) is 44.5 Å². The highest BCUT2D eigenvalue weighted by atomic mass is 15.1. The van der Waals surface area contributed by atoms with Gasteiger partial charge in [-0.05, 0) is 143 Å². The lowest BCUT2D eigenvalue weighted by Gasteiger charge is -2.34. The van der Waals surface area contributed by atoms with Crippen molar-refractivity contribution in [1.82, 2.24) is 0 Å². The van der Waals surface area contributed by atoms with Crippen molar-refractivity contribution in [2.24, 2.45) is 0 Å². The van der Waals surface area contributed by atoms with Crippen molar-refractivity contribution in [3.8, 4) is 55.6 Å². The molecule has 14 rings (SSSR count). The van der Waals surface area contributed by atoms with Crippen LogP contribution in [-0.2, 0) is 10.8 Å². The molecule has 0 heterocycles. The quantitative estimate of drug-likeness (QED) is 0.132. The third-order valence-corrected chi connectivity index (χ3v) is 16.0. The van der Waals surface area contributed by atoms with Crippen molar-refractivity contribution < 1.29 is 0 Å². The molecule has 352 valence electrons. The zero-order valence-corrected chi connectivity index (χ0v) is 41.4. The molecule has 1 heteroatoms. The second-order valence-electron chi connectivity index (χ2n) is 19.9. The van der Waals surface area contributed by atoms with Gasteiger partial charge in [0.15, 0.2) is 0 Å². The van der Waals surface area contributed by atoms with E-state index in [1.165, 1.54) is 89.0 Å². The Morgan fingerprint density at radius 2 is 0.573 bits per heavy atom. The Labute approximate surface area is 440 Å². The molecule has 0 bridgehead atoms. The molecule has 0 saturated carbocycles. The molecule has 12 aromatic rings. The molecule has 0 N–H and O–H groups in total. The maximum atomic E-state index is 2.46. The molecule has 0 aromatic heterocycles. The summed E-state index contributed by atoms with van der Waals surface area (Å²) in [5.74, 6) is 0. The van der Waals surface area contributed by atoms with Crippen molar-refractivity contribution >= 4 is 17.1 Å². The minimum Gasteiger partial charge on any atom is -0.310 e. The third kappa shape index (κ3) is 7.00. The van der Waals surface area contributed by atoms with Gasteiger partial charge in [-0.3, -0.25) is 0 Å². The van der Waals surface area contributed by atoms with Crippen LogP contribution >= 0.6 is 0 Å². The van der Waals surface area contributed by atoms with Gasteiger partial charge >= 0.3 is 0 Å².